The first-order chi connectivity index (χ1) is 11.7. The predicted octanol–water partition coefficient (Wildman–Crippen LogP) is 2.86. The van der Waals surface area contributed by atoms with Crippen LogP contribution in [0.2, 0.25) is 0 Å². The molecule has 24 heavy (non-hydrogen) atoms. The fourth-order valence-corrected chi connectivity index (χ4v) is 2.91. The van der Waals surface area contributed by atoms with E-state index in [1.807, 2.05) is 18.2 Å². The van der Waals surface area contributed by atoms with Crippen molar-refractivity contribution in [1.82, 2.24) is 0 Å². The molecule has 5 heteroatoms. The van der Waals surface area contributed by atoms with Crippen LogP contribution in [0.4, 0.5) is 11.4 Å². The number of hydrogen-bond donors (Lipinski definition) is 1. The van der Waals surface area contributed by atoms with Crippen molar-refractivity contribution in [1.29, 1.82) is 0 Å². The van der Waals surface area contributed by atoms with Gasteiger partial charge in [-0.05, 0) is 37.1 Å². The van der Waals surface area contributed by atoms with Crippen molar-refractivity contribution >= 4 is 23.3 Å². The minimum Gasteiger partial charge on any atom is -0.462 e. The Labute approximate surface area is 141 Å². The summed E-state index contributed by atoms with van der Waals surface area (Å²) in [4.78, 5) is 26.4. The number of nitrogens with zero attached hydrogens (tertiary/aromatic N) is 1. The highest BCUT2D eigenvalue weighted by atomic mass is 16.5. The van der Waals surface area contributed by atoms with Gasteiger partial charge < -0.3 is 15.0 Å². The Kier molecular flexibility index (Phi) is 4.79. The molecule has 1 heterocycles. The van der Waals surface area contributed by atoms with Gasteiger partial charge >= 0.3 is 5.97 Å². The lowest BCUT2D eigenvalue weighted by Crippen LogP contribution is -2.32. The molecule has 0 atom stereocenters. The molecular formula is C19H20N2O3. The summed E-state index contributed by atoms with van der Waals surface area (Å²) >= 11 is 0. The number of nitrogens with one attached hydrogen (secondary N) is 1. The van der Waals surface area contributed by atoms with E-state index in [0.29, 0.717) is 17.9 Å². The van der Waals surface area contributed by atoms with Gasteiger partial charge in [-0.15, -0.1) is 0 Å². The lowest BCUT2D eigenvalue weighted by molar-refractivity contribution is -0.115. The Morgan fingerprint density at radius 2 is 1.88 bits per heavy atom. The summed E-state index contributed by atoms with van der Waals surface area (Å²) in [5, 5.41) is 2.83. The Bertz CT molecular complexity index is 758. The third kappa shape index (κ3) is 3.40. The molecule has 0 aromatic heterocycles. The third-order valence-electron chi connectivity index (χ3n) is 4.01. The standard InChI is InChI=1S/C19H20N2O3/c1-2-24-19(23)15-8-4-5-9-16(15)20-18(22)13-21-12-11-14-7-3-6-10-17(14)21/h3-10H,2,11-13H2,1H3,(H,20,22). The first kappa shape index (κ1) is 16.1. The summed E-state index contributed by atoms with van der Waals surface area (Å²) in [6.07, 6.45) is 0.947. The molecule has 0 fully saturated rings. The molecule has 0 spiro atoms. The summed E-state index contributed by atoms with van der Waals surface area (Å²) in [6, 6.07) is 15.0. The van der Waals surface area contributed by atoms with Gasteiger partial charge in [-0.2, -0.15) is 0 Å². The summed E-state index contributed by atoms with van der Waals surface area (Å²) in [5.41, 5.74) is 3.21. The molecule has 1 amide bonds. The van der Waals surface area contributed by atoms with Gasteiger partial charge in [-0.1, -0.05) is 30.3 Å². The molecule has 2 aromatic rings. The fourth-order valence-electron chi connectivity index (χ4n) is 2.91. The lowest BCUT2D eigenvalue weighted by Gasteiger charge is -2.19. The number of carbonyl (C=O) groups is 2. The van der Waals surface area contributed by atoms with Crippen molar-refractivity contribution in [3.8, 4) is 0 Å². The van der Waals surface area contributed by atoms with Crippen LogP contribution < -0.4 is 10.2 Å². The zero-order chi connectivity index (χ0) is 16.9. The number of anilines is 2. The minimum absolute atomic E-state index is 0.150. The predicted molar refractivity (Wildman–Crippen MR) is 93.4 cm³/mol. The highest BCUT2D eigenvalue weighted by Crippen LogP contribution is 2.27. The first-order valence-corrected chi connectivity index (χ1v) is 8.08. The molecule has 0 bridgehead atoms. The van der Waals surface area contributed by atoms with Gasteiger partial charge in [0.1, 0.15) is 0 Å². The highest BCUT2D eigenvalue weighted by molar-refractivity contribution is 6.02. The zero-order valence-corrected chi connectivity index (χ0v) is 13.6. The maximum absolute atomic E-state index is 12.4. The van der Waals surface area contributed by atoms with E-state index in [1.54, 1.807) is 31.2 Å². The Hall–Kier alpha value is -2.82. The Morgan fingerprint density at radius 3 is 2.71 bits per heavy atom. The molecule has 3 rings (SSSR count). The van der Waals surface area contributed by atoms with Crippen LogP contribution in [0.1, 0.15) is 22.8 Å². The summed E-state index contributed by atoms with van der Waals surface area (Å²) < 4.78 is 5.03. The third-order valence-corrected chi connectivity index (χ3v) is 4.01. The van der Waals surface area contributed by atoms with Crippen LogP contribution in [0.15, 0.2) is 48.5 Å². The van der Waals surface area contributed by atoms with Crippen LogP contribution >= 0.6 is 0 Å². The zero-order valence-electron chi connectivity index (χ0n) is 13.6. The van der Waals surface area contributed by atoms with Crippen molar-refractivity contribution in [2.75, 3.05) is 29.9 Å². The van der Waals surface area contributed by atoms with Crippen molar-refractivity contribution in [2.24, 2.45) is 0 Å². The topological polar surface area (TPSA) is 58.6 Å². The summed E-state index contributed by atoms with van der Waals surface area (Å²) in [6.45, 7) is 3.13. The van der Waals surface area contributed by atoms with E-state index in [2.05, 4.69) is 16.3 Å². The Balaban J connectivity index is 1.69. The number of hydrogen-bond acceptors (Lipinski definition) is 4. The number of benzene rings is 2. The summed E-state index contributed by atoms with van der Waals surface area (Å²) in [5.74, 6) is -0.580. The van der Waals surface area contributed by atoms with Crippen LogP contribution in [0, 0.1) is 0 Å². The molecule has 124 valence electrons. The highest BCUT2D eigenvalue weighted by Gasteiger charge is 2.21. The molecule has 0 saturated carbocycles. The van der Waals surface area contributed by atoms with E-state index >= 15 is 0 Å². The number of esters is 1. The molecule has 0 radical (unpaired) electrons. The van der Waals surface area contributed by atoms with Gasteiger partial charge in [0.05, 0.1) is 24.4 Å². The minimum atomic E-state index is -0.431. The van der Waals surface area contributed by atoms with Gasteiger partial charge in [0, 0.05) is 12.2 Å². The van der Waals surface area contributed by atoms with Crippen molar-refractivity contribution < 1.29 is 14.3 Å². The second kappa shape index (κ2) is 7.17. The molecular weight excluding hydrogens is 304 g/mol. The molecule has 1 aliphatic heterocycles. The van der Waals surface area contributed by atoms with Gasteiger partial charge in [-0.25, -0.2) is 4.79 Å². The maximum Gasteiger partial charge on any atom is 0.340 e. The average Bonchev–Trinajstić information content (AvgIpc) is 2.98. The average molecular weight is 324 g/mol. The molecule has 5 nitrogen and oxygen atoms in total. The van der Waals surface area contributed by atoms with Gasteiger partial charge in [0.15, 0.2) is 0 Å². The summed E-state index contributed by atoms with van der Waals surface area (Å²) in [7, 11) is 0. The lowest BCUT2D eigenvalue weighted by atomic mass is 10.1. The molecule has 0 unspecified atom stereocenters. The van der Waals surface area contributed by atoms with Crippen LogP contribution in [0.3, 0.4) is 0 Å². The molecule has 1 aliphatic rings. The van der Waals surface area contributed by atoms with Crippen LogP contribution in [-0.4, -0.2) is 31.6 Å². The number of amides is 1. The van der Waals surface area contributed by atoms with E-state index in [-0.39, 0.29) is 12.5 Å². The number of ether oxygens (including phenoxy) is 1. The fraction of sp³-hybridized carbons (Fsp3) is 0.263. The Morgan fingerprint density at radius 1 is 1.12 bits per heavy atom. The molecule has 0 aliphatic carbocycles. The van der Waals surface area contributed by atoms with Crippen LogP contribution in [-0.2, 0) is 16.0 Å². The number of para-hydroxylation sites is 2. The largest absolute Gasteiger partial charge is 0.462 e. The molecule has 0 saturated heterocycles. The number of fused-ring (bicyclic) bond motifs is 1. The van der Waals surface area contributed by atoms with E-state index < -0.39 is 5.97 Å². The van der Waals surface area contributed by atoms with Crippen LogP contribution in [0.25, 0.3) is 0 Å². The smallest absolute Gasteiger partial charge is 0.340 e. The van der Waals surface area contributed by atoms with E-state index in [1.165, 1.54) is 5.56 Å². The quantitative estimate of drug-likeness (QED) is 0.859. The second-order valence-electron chi connectivity index (χ2n) is 5.61. The van der Waals surface area contributed by atoms with Crippen molar-refractivity contribution in [2.45, 2.75) is 13.3 Å². The van der Waals surface area contributed by atoms with Gasteiger partial charge in [0.25, 0.3) is 0 Å². The van der Waals surface area contributed by atoms with E-state index in [4.69, 9.17) is 4.74 Å². The van der Waals surface area contributed by atoms with E-state index in [0.717, 1.165) is 18.7 Å². The monoisotopic (exact) mass is 324 g/mol. The van der Waals surface area contributed by atoms with Crippen LogP contribution in [0.5, 0.6) is 0 Å². The SMILES string of the molecule is CCOC(=O)c1ccccc1NC(=O)CN1CCc2ccccc21. The van der Waals surface area contributed by atoms with Gasteiger partial charge in [0.2, 0.25) is 5.91 Å². The normalized spacial score (nSPS) is 12.6. The second-order valence-corrected chi connectivity index (χ2v) is 5.61. The van der Waals surface area contributed by atoms with Crippen molar-refractivity contribution in [3.05, 3.63) is 59.7 Å². The first-order valence-electron chi connectivity index (χ1n) is 8.08. The number of carbonyl (C=O) groups excluding carboxylic acids is 2. The van der Waals surface area contributed by atoms with Crippen molar-refractivity contribution in [3.63, 3.8) is 0 Å². The van der Waals surface area contributed by atoms with Gasteiger partial charge in [-0.3, -0.25) is 4.79 Å². The molecule has 2 aromatic carbocycles. The number of rotatable bonds is 5. The maximum atomic E-state index is 12.4. The molecule has 1 N–H and O–H groups in total. The van der Waals surface area contributed by atoms with E-state index in [9.17, 15) is 9.59 Å².